The first-order valence-electron chi connectivity index (χ1n) is 10.6. The number of methoxy groups -OCH3 is 1. The fourth-order valence-corrected chi connectivity index (χ4v) is 4.02. The van der Waals surface area contributed by atoms with Crippen LogP contribution in [0.25, 0.3) is 5.69 Å². The average molecular weight is 477 g/mol. The molecular weight excluding hydrogens is 452 g/mol. The van der Waals surface area contributed by atoms with Gasteiger partial charge < -0.3 is 19.9 Å². The zero-order valence-corrected chi connectivity index (χ0v) is 19.5. The Hall–Kier alpha value is -3.98. The third-order valence-electron chi connectivity index (χ3n) is 4.92. The van der Waals surface area contributed by atoms with Crippen LogP contribution in [0.5, 0.6) is 17.2 Å². The van der Waals surface area contributed by atoms with Crippen LogP contribution >= 0.6 is 11.8 Å². The first-order valence-corrected chi connectivity index (χ1v) is 11.6. The molecule has 3 aromatic carbocycles. The van der Waals surface area contributed by atoms with Crippen LogP contribution in [0.3, 0.4) is 0 Å². The second-order valence-corrected chi connectivity index (χ2v) is 8.24. The maximum Gasteiger partial charge on any atom is 0.234 e. The Morgan fingerprint density at radius 3 is 2.38 bits per heavy atom. The molecule has 1 atom stereocenters. The van der Waals surface area contributed by atoms with E-state index in [2.05, 4.69) is 15.5 Å². The SMILES string of the molecule is COc1ccc(OC(C)c2nnc(SCC(=O)Nc3ccccc3O)n2-c2ccccc2)cc1. The highest BCUT2D eigenvalue weighted by atomic mass is 32.2. The van der Waals surface area contributed by atoms with Crippen molar-refractivity contribution < 1.29 is 19.4 Å². The van der Waals surface area contributed by atoms with Crippen molar-refractivity contribution in [3.63, 3.8) is 0 Å². The molecule has 1 amide bonds. The number of benzene rings is 3. The van der Waals surface area contributed by atoms with E-state index in [1.807, 2.05) is 66.1 Å². The molecule has 9 heteroatoms. The Morgan fingerprint density at radius 2 is 1.68 bits per heavy atom. The van der Waals surface area contributed by atoms with Gasteiger partial charge in [-0.3, -0.25) is 9.36 Å². The van der Waals surface area contributed by atoms with Crippen molar-refractivity contribution >= 4 is 23.4 Å². The molecule has 0 bridgehead atoms. The monoisotopic (exact) mass is 476 g/mol. The van der Waals surface area contributed by atoms with Crippen molar-refractivity contribution in [2.45, 2.75) is 18.2 Å². The van der Waals surface area contributed by atoms with Crippen molar-refractivity contribution in [3.05, 3.63) is 84.7 Å². The third kappa shape index (κ3) is 5.49. The Kier molecular flexibility index (Phi) is 7.34. The van der Waals surface area contributed by atoms with Gasteiger partial charge in [0.2, 0.25) is 5.91 Å². The van der Waals surface area contributed by atoms with E-state index in [1.165, 1.54) is 17.8 Å². The van der Waals surface area contributed by atoms with Crippen LogP contribution in [0.2, 0.25) is 0 Å². The smallest absolute Gasteiger partial charge is 0.234 e. The van der Waals surface area contributed by atoms with Gasteiger partial charge in [0.25, 0.3) is 0 Å². The van der Waals surface area contributed by atoms with Gasteiger partial charge >= 0.3 is 0 Å². The summed E-state index contributed by atoms with van der Waals surface area (Å²) in [6.45, 7) is 1.90. The summed E-state index contributed by atoms with van der Waals surface area (Å²) in [4.78, 5) is 12.5. The molecule has 1 heterocycles. The summed E-state index contributed by atoms with van der Waals surface area (Å²) in [6.07, 6.45) is -0.412. The van der Waals surface area contributed by atoms with Crippen molar-refractivity contribution in [1.29, 1.82) is 0 Å². The Labute approximate surface area is 201 Å². The van der Waals surface area contributed by atoms with Gasteiger partial charge in [-0.2, -0.15) is 0 Å². The van der Waals surface area contributed by atoms with E-state index in [9.17, 15) is 9.90 Å². The number of phenols is 1. The van der Waals surface area contributed by atoms with Gasteiger partial charge in [0.1, 0.15) is 17.2 Å². The second-order valence-electron chi connectivity index (χ2n) is 7.30. The number of rotatable bonds is 9. The number of carbonyl (C=O) groups excluding carboxylic acids is 1. The summed E-state index contributed by atoms with van der Waals surface area (Å²) in [6, 6.07) is 23.6. The van der Waals surface area contributed by atoms with E-state index in [-0.39, 0.29) is 17.4 Å². The molecule has 2 N–H and O–H groups in total. The van der Waals surface area contributed by atoms with Gasteiger partial charge in [-0.05, 0) is 55.5 Å². The van der Waals surface area contributed by atoms with Crippen LogP contribution in [0.4, 0.5) is 5.69 Å². The lowest BCUT2D eigenvalue weighted by Gasteiger charge is -2.17. The molecule has 1 unspecified atom stereocenters. The molecule has 8 nitrogen and oxygen atoms in total. The summed E-state index contributed by atoms with van der Waals surface area (Å²) in [5, 5.41) is 21.8. The maximum atomic E-state index is 12.5. The first kappa shape index (κ1) is 23.2. The number of hydrogen-bond acceptors (Lipinski definition) is 7. The van der Waals surface area contributed by atoms with Gasteiger partial charge in [0, 0.05) is 5.69 Å². The molecule has 0 spiro atoms. The zero-order valence-electron chi connectivity index (χ0n) is 18.7. The number of ether oxygens (including phenoxy) is 2. The van der Waals surface area contributed by atoms with Gasteiger partial charge in [-0.1, -0.05) is 42.1 Å². The Balaban J connectivity index is 1.53. The second kappa shape index (κ2) is 10.8. The summed E-state index contributed by atoms with van der Waals surface area (Å²) < 4.78 is 13.2. The normalized spacial score (nSPS) is 11.6. The van der Waals surface area contributed by atoms with Crippen molar-refractivity contribution in [2.75, 3.05) is 18.2 Å². The van der Waals surface area contributed by atoms with Crippen molar-refractivity contribution in [1.82, 2.24) is 14.8 Å². The number of carbonyl (C=O) groups is 1. The van der Waals surface area contributed by atoms with Crippen molar-refractivity contribution in [2.24, 2.45) is 0 Å². The van der Waals surface area contributed by atoms with Crippen LogP contribution in [-0.4, -0.2) is 38.6 Å². The number of anilines is 1. The lowest BCUT2D eigenvalue weighted by atomic mass is 10.3. The number of phenolic OH excluding ortho intramolecular Hbond substituents is 1. The summed E-state index contributed by atoms with van der Waals surface area (Å²) >= 11 is 1.25. The van der Waals surface area contributed by atoms with Crippen LogP contribution in [0.15, 0.2) is 84.0 Å². The number of aromatic nitrogens is 3. The average Bonchev–Trinajstić information content (AvgIpc) is 3.29. The predicted octanol–water partition coefficient (Wildman–Crippen LogP) is 4.85. The number of nitrogens with zero attached hydrogens (tertiary/aromatic N) is 3. The molecule has 174 valence electrons. The summed E-state index contributed by atoms with van der Waals surface area (Å²) in [5.41, 5.74) is 1.22. The minimum absolute atomic E-state index is 0.0140. The number of nitrogens with one attached hydrogen (secondary N) is 1. The molecule has 0 saturated heterocycles. The van der Waals surface area contributed by atoms with Crippen molar-refractivity contribution in [3.8, 4) is 22.9 Å². The summed E-state index contributed by atoms with van der Waals surface area (Å²) in [7, 11) is 1.61. The van der Waals surface area contributed by atoms with E-state index in [0.29, 0.717) is 22.4 Å². The fourth-order valence-electron chi connectivity index (χ4n) is 3.26. The highest BCUT2D eigenvalue weighted by Gasteiger charge is 2.22. The molecule has 1 aromatic heterocycles. The van der Waals surface area contributed by atoms with E-state index in [4.69, 9.17) is 9.47 Å². The van der Waals surface area contributed by atoms with Crippen LogP contribution < -0.4 is 14.8 Å². The molecule has 4 rings (SSSR count). The quantitative estimate of drug-likeness (QED) is 0.263. The molecule has 4 aromatic rings. The highest BCUT2D eigenvalue weighted by molar-refractivity contribution is 7.99. The van der Waals surface area contributed by atoms with Crippen LogP contribution in [0, 0.1) is 0 Å². The molecular formula is C25H24N4O4S. The predicted molar refractivity (Wildman–Crippen MR) is 131 cm³/mol. The molecule has 34 heavy (non-hydrogen) atoms. The van der Waals surface area contributed by atoms with Gasteiger partial charge in [-0.25, -0.2) is 0 Å². The topological polar surface area (TPSA) is 98.5 Å². The van der Waals surface area contributed by atoms with E-state index >= 15 is 0 Å². The minimum atomic E-state index is -0.412. The number of thioether (sulfide) groups is 1. The molecule has 0 saturated carbocycles. The van der Waals surface area contributed by atoms with Gasteiger partial charge in [-0.15, -0.1) is 10.2 Å². The summed E-state index contributed by atoms with van der Waals surface area (Å²) in [5.74, 6) is 1.86. The first-order chi connectivity index (χ1) is 16.5. The lowest BCUT2D eigenvalue weighted by Crippen LogP contribution is -2.15. The number of para-hydroxylation sites is 3. The Bertz CT molecular complexity index is 1250. The van der Waals surface area contributed by atoms with E-state index in [1.54, 1.807) is 25.3 Å². The minimum Gasteiger partial charge on any atom is -0.506 e. The molecule has 0 aliphatic heterocycles. The number of amides is 1. The largest absolute Gasteiger partial charge is 0.506 e. The number of aromatic hydroxyl groups is 1. The van der Waals surface area contributed by atoms with E-state index < -0.39 is 6.10 Å². The zero-order chi connectivity index (χ0) is 23.9. The van der Waals surface area contributed by atoms with Gasteiger partial charge in [0.05, 0.1) is 18.6 Å². The molecule has 0 radical (unpaired) electrons. The molecule has 0 fully saturated rings. The third-order valence-corrected chi connectivity index (χ3v) is 5.85. The van der Waals surface area contributed by atoms with Gasteiger partial charge in [0.15, 0.2) is 17.1 Å². The standard InChI is InChI=1S/C25H24N4O4S/c1-17(33-20-14-12-19(32-2)13-15-20)24-27-28-25(29(24)18-8-4-3-5-9-18)34-16-23(31)26-21-10-6-7-11-22(21)30/h3-15,17,30H,16H2,1-2H3,(H,26,31). The Morgan fingerprint density at radius 1 is 1.00 bits per heavy atom. The molecule has 0 aliphatic rings. The van der Waals surface area contributed by atoms with Crippen LogP contribution in [-0.2, 0) is 4.79 Å². The molecule has 0 aliphatic carbocycles. The van der Waals surface area contributed by atoms with E-state index in [0.717, 1.165) is 11.4 Å². The van der Waals surface area contributed by atoms with Crippen LogP contribution in [0.1, 0.15) is 18.9 Å². The highest BCUT2D eigenvalue weighted by Crippen LogP contribution is 2.29. The number of hydrogen-bond donors (Lipinski definition) is 2. The lowest BCUT2D eigenvalue weighted by molar-refractivity contribution is -0.113. The fraction of sp³-hybridized carbons (Fsp3) is 0.160. The maximum absolute atomic E-state index is 12.5.